The summed E-state index contributed by atoms with van der Waals surface area (Å²) in [7, 11) is 0. The first-order valence-electron chi connectivity index (χ1n) is 7.91. The van der Waals surface area contributed by atoms with Gasteiger partial charge in [0.2, 0.25) is 0 Å². The first-order chi connectivity index (χ1) is 10.3. The van der Waals surface area contributed by atoms with Gasteiger partial charge in [-0.05, 0) is 25.3 Å². The fraction of sp³-hybridized carbons (Fsp3) is 0.562. The predicted molar refractivity (Wildman–Crippen MR) is 86.3 cm³/mol. The molecule has 0 bridgehead atoms. The zero-order valence-corrected chi connectivity index (χ0v) is 13.3. The molecule has 0 atom stereocenters. The van der Waals surface area contributed by atoms with Crippen LogP contribution in [0.5, 0.6) is 0 Å². The number of hydrogen-bond acceptors (Lipinski definition) is 4. The molecule has 2 rings (SSSR count). The van der Waals surface area contributed by atoms with Crippen LogP contribution in [0, 0.1) is 0 Å². The van der Waals surface area contributed by atoms with E-state index in [2.05, 4.69) is 41.2 Å². The summed E-state index contributed by atoms with van der Waals surface area (Å²) in [5.41, 5.74) is 3.30. The van der Waals surface area contributed by atoms with E-state index in [0.717, 1.165) is 56.0 Å². The highest BCUT2D eigenvalue weighted by Crippen LogP contribution is 2.27. The minimum absolute atomic E-state index is 0.912. The molecule has 5 nitrogen and oxygen atoms in total. The topological polar surface area (TPSA) is 55.6 Å². The summed E-state index contributed by atoms with van der Waals surface area (Å²) >= 11 is 0. The highest BCUT2D eigenvalue weighted by atomic mass is 15.3. The average Bonchev–Trinajstić information content (AvgIpc) is 2.95. The van der Waals surface area contributed by atoms with Crippen molar-refractivity contribution in [1.29, 1.82) is 0 Å². The Bertz CT molecular complexity index is 562. The third kappa shape index (κ3) is 3.60. The van der Waals surface area contributed by atoms with Crippen molar-refractivity contribution in [3.05, 3.63) is 24.2 Å². The van der Waals surface area contributed by atoms with Gasteiger partial charge in [-0.15, -0.1) is 0 Å². The molecule has 0 spiro atoms. The van der Waals surface area contributed by atoms with Gasteiger partial charge >= 0.3 is 0 Å². The second kappa shape index (κ2) is 7.76. The molecule has 0 aromatic carbocycles. The lowest BCUT2D eigenvalue weighted by atomic mass is 10.1. The first-order valence-corrected chi connectivity index (χ1v) is 7.91. The normalized spacial score (nSPS) is 10.8. The van der Waals surface area contributed by atoms with Gasteiger partial charge in [-0.25, -0.2) is 9.97 Å². The molecule has 0 radical (unpaired) electrons. The monoisotopic (exact) mass is 287 g/mol. The van der Waals surface area contributed by atoms with Crippen molar-refractivity contribution in [2.45, 2.75) is 53.0 Å². The van der Waals surface area contributed by atoms with Crippen LogP contribution in [-0.4, -0.2) is 26.3 Å². The van der Waals surface area contributed by atoms with Gasteiger partial charge in [0, 0.05) is 24.8 Å². The maximum atomic E-state index is 4.54. The molecule has 5 heteroatoms. The largest absolute Gasteiger partial charge is 0.370 e. The lowest BCUT2D eigenvalue weighted by molar-refractivity contribution is 0.607. The number of aromatic nitrogens is 4. The van der Waals surface area contributed by atoms with Crippen molar-refractivity contribution in [3.63, 3.8) is 0 Å². The highest BCUT2D eigenvalue weighted by molar-refractivity contribution is 5.65. The summed E-state index contributed by atoms with van der Waals surface area (Å²) in [6.45, 7) is 8.35. The predicted octanol–water partition coefficient (Wildman–Crippen LogP) is 3.52. The van der Waals surface area contributed by atoms with Crippen LogP contribution in [0.1, 0.15) is 45.6 Å². The molecule has 0 aliphatic heterocycles. The highest BCUT2D eigenvalue weighted by Gasteiger charge is 2.15. The lowest BCUT2D eigenvalue weighted by Gasteiger charge is -2.14. The maximum absolute atomic E-state index is 4.54. The first kappa shape index (κ1) is 15.5. The molecule has 0 unspecified atom stereocenters. The van der Waals surface area contributed by atoms with E-state index >= 15 is 0 Å². The van der Waals surface area contributed by atoms with Crippen LogP contribution >= 0.6 is 0 Å². The van der Waals surface area contributed by atoms with Crippen molar-refractivity contribution in [3.8, 4) is 11.4 Å². The molecule has 0 aliphatic rings. The van der Waals surface area contributed by atoms with E-state index in [-0.39, 0.29) is 0 Å². The summed E-state index contributed by atoms with van der Waals surface area (Å²) < 4.78 is 2.03. The smallest absolute Gasteiger partial charge is 0.133 e. The van der Waals surface area contributed by atoms with Crippen molar-refractivity contribution in [2.75, 3.05) is 11.9 Å². The summed E-state index contributed by atoms with van der Waals surface area (Å²) in [5, 5.41) is 7.83. The van der Waals surface area contributed by atoms with Crippen LogP contribution in [0.3, 0.4) is 0 Å². The van der Waals surface area contributed by atoms with Gasteiger partial charge < -0.3 is 5.32 Å². The molecule has 0 saturated carbocycles. The Balaban J connectivity index is 2.43. The van der Waals surface area contributed by atoms with E-state index in [1.165, 1.54) is 5.56 Å². The summed E-state index contributed by atoms with van der Waals surface area (Å²) in [5.74, 6) is 0.966. The van der Waals surface area contributed by atoms with Crippen molar-refractivity contribution in [1.82, 2.24) is 19.7 Å². The Kier molecular flexibility index (Phi) is 5.72. The van der Waals surface area contributed by atoms with E-state index in [1.54, 1.807) is 6.33 Å². The van der Waals surface area contributed by atoms with Crippen LogP contribution < -0.4 is 5.32 Å². The molecule has 114 valence electrons. The molecule has 0 amide bonds. The van der Waals surface area contributed by atoms with E-state index in [9.17, 15) is 0 Å². The van der Waals surface area contributed by atoms with Gasteiger partial charge in [-0.3, -0.25) is 4.68 Å². The minimum atomic E-state index is 0.912. The van der Waals surface area contributed by atoms with E-state index in [4.69, 9.17) is 0 Å². The van der Waals surface area contributed by atoms with Gasteiger partial charge in [0.15, 0.2) is 0 Å². The molecule has 0 fully saturated rings. The van der Waals surface area contributed by atoms with E-state index < -0.39 is 0 Å². The Morgan fingerprint density at radius 1 is 1.10 bits per heavy atom. The van der Waals surface area contributed by atoms with Gasteiger partial charge in [0.1, 0.15) is 12.1 Å². The molecule has 0 saturated heterocycles. The Labute approximate surface area is 126 Å². The van der Waals surface area contributed by atoms with Crippen LogP contribution in [0.25, 0.3) is 11.4 Å². The molecular formula is C16H25N5. The molecule has 2 aromatic heterocycles. The Morgan fingerprint density at radius 2 is 1.95 bits per heavy atom. The molecular weight excluding hydrogens is 262 g/mol. The molecule has 2 heterocycles. The lowest BCUT2D eigenvalue weighted by Crippen LogP contribution is -2.10. The molecule has 0 aliphatic carbocycles. The van der Waals surface area contributed by atoms with Crippen molar-refractivity contribution >= 4 is 5.82 Å². The fourth-order valence-electron chi connectivity index (χ4n) is 2.44. The zero-order valence-electron chi connectivity index (χ0n) is 13.3. The second-order valence-corrected chi connectivity index (χ2v) is 5.17. The maximum Gasteiger partial charge on any atom is 0.133 e. The second-order valence-electron chi connectivity index (χ2n) is 5.17. The zero-order chi connectivity index (χ0) is 15.1. The van der Waals surface area contributed by atoms with Crippen LogP contribution in [0.4, 0.5) is 5.82 Å². The minimum Gasteiger partial charge on any atom is -0.370 e. The van der Waals surface area contributed by atoms with E-state index in [1.807, 2.05) is 16.9 Å². The molecule has 1 N–H and O–H groups in total. The number of rotatable bonds is 8. The quantitative estimate of drug-likeness (QED) is 0.807. The fourth-order valence-corrected chi connectivity index (χ4v) is 2.44. The van der Waals surface area contributed by atoms with Gasteiger partial charge in [0.05, 0.1) is 11.4 Å². The number of aryl methyl sites for hydroxylation is 1. The van der Waals surface area contributed by atoms with Crippen molar-refractivity contribution < 1.29 is 0 Å². The average molecular weight is 287 g/mol. The molecule has 21 heavy (non-hydrogen) atoms. The number of anilines is 1. The number of hydrogen-bond donors (Lipinski definition) is 1. The third-order valence-corrected chi connectivity index (χ3v) is 3.38. The summed E-state index contributed by atoms with van der Waals surface area (Å²) in [6, 6.07) is 2.04. The Hall–Kier alpha value is -1.91. The summed E-state index contributed by atoms with van der Waals surface area (Å²) in [6.07, 6.45) is 7.68. The van der Waals surface area contributed by atoms with Crippen LogP contribution in [0.15, 0.2) is 18.6 Å². The van der Waals surface area contributed by atoms with Gasteiger partial charge in [-0.2, -0.15) is 5.10 Å². The number of nitrogens with zero attached hydrogens (tertiary/aromatic N) is 4. The van der Waals surface area contributed by atoms with Crippen LogP contribution in [-0.2, 0) is 13.0 Å². The SMILES string of the molecule is CCCNc1ncnc(-c2ccnn2CCC)c1CCC. The van der Waals surface area contributed by atoms with Gasteiger partial charge in [-0.1, -0.05) is 27.2 Å². The van der Waals surface area contributed by atoms with Gasteiger partial charge in [0.25, 0.3) is 0 Å². The van der Waals surface area contributed by atoms with Crippen molar-refractivity contribution in [2.24, 2.45) is 0 Å². The number of nitrogens with one attached hydrogen (secondary N) is 1. The Morgan fingerprint density at radius 3 is 2.67 bits per heavy atom. The van der Waals surface area contributed by atoms with Crippen LogP contribution in [0.2, 0.25) is 0 Å². The summed E-state index contributed by atoms with van der Waals surface area (Å²) in [4.78, 5) is 8.97. The van der Waals surface area contributed by atoms with E-state index in [0.29, 0.717) is 0 Å². The standard InChI is InChI=1S/C16H25N5/c1-4-7-13-15(14-8-10-20-21(14)11-6-3)18-12-19-16(13)17-9-5-2/h8,10,12H,4-7,9,11H2,1-3H3,(H,17,18,19). The third-order valence-electron chi connectivity index (χ3n) is 3.38. The molecule has 2 aromatic rings.